The van der Waals surface area contributed by atoms with Gasteiger partial charge in [0.25, 0.3) is 0 Å². The van der Waals surface area contributed by atoms with Crippen molar-refractivity contribution in [3.8, 4) is 0 Å². The van der Waals surface area contributed by atoms with E-state index >= 15 is 0 Å². The Morgan fingerprint density at radius 1 is 1.20 bits per heavy atom. The molecule has 0 fully saturated rings. The summed E-state index contributed by atoms with van der Waals surface area (Å²) < 4.78 is 0. The van der Waals surface area contributed by atoms with Gasteiger partial charge in [0.2, 0.25) is 0 Å². The second-order valence-corrected chi connectivity index (χ2v) is 5.45. The van der Waals surface area contributed by atoms with E-state index in [1.165, 1.54) is 11.3 Å². The summed E-state index contributed by atoms with van der Waals surface area (Å²) in [4.78, 5) is 27.5. The number of nitrogens with zero attached hydrogens (tertiary/aromatic N) is 1. The fraction of sp³-hybridized carbons (Fsp3) is 0.0833. The Morgan fingerprint density at radius 3 is 2.55 bits per heavy atom. The first-order valence-corrected chi connectivity index (χ1v) is 7.09. The van der Waals surface area contributed by atoms with Crippen molar-refractivity contribution >= 4 is 57.2 Å². The monoisotopic (exact) mass is 329 g/mol. The number of carbonyl (C=O) groups excluding carboxylic acids is 2. The Bertz CT molecular complexity index is 672. The number of aromatic nitrogens is 1. The molecule has 8 heteroatoms. The van der Waals surface area contributed by atoms with Gasteiger partial charge in [-0.3, -0.25) is 14.9 Å². The van der Waals surface area contributed by atoms with Crippen LogP contribution in [-0.2, 0) is 9.59 Å². The fourth-order valence-corrected chi connectivity index (χ4v) is 2.38. The molecule has 0 aliphatic rings. The van der Waals surface area contributed by atoms with Crippen molar-refractivity contribution < 1.29 is 9.59 Å². The Kier molecular flexibility index (Phi) is 4.59. The molecule has 2 aromatic rings. The van der Waals surface area contributed by atoms with E-state index in [1.807, 2.05) is 0 Å². The summed E-state index contributed by atoms with van der Waals surface area (Å²) in [7, 11) is 0. The number of anilines is 2. The van der Waals surface area contributed by atoms with Crippen molar-refractivity contribution in [2.24, 2.45) is 0 Å². The summed E-state index contributed by atoms with van der Waals surface area (Å²) in [5.41, 5.74) is 1.04. The lowest BCUT2D eigenvalue weighted by molar-refractivity contribution is -0.132. The number of halogens is 2. The van der Waals surface area contributed by atoms with Crippen LogP contribution in [0.1, 0.15) is 5.69 Å². The molecule has 0 bridgehead atoms. The predicted octanol–water partition coefficient (Wildman–Crippen LogP) is 3.34. The number of hydrogen-bond donors (Lipinski definition) is 2. The molecular weight excluding hydrogens is 321 g/mol. The molecule has 20 heavy (non-hydrogen) atoms. The molecule has 0 unspecified atom stereocenters. The quantitative estimate of drug-likeness (QED) is 0.830. The van der Waals surface area contributed by atoms with Gasteiger partial charge in [0.1, 0.15) is 0 Å². The highest BCUT2D eigenvalue weighted by atomic mass is 35.5. The SMILES string of the molecule is Cc1csc(NC(=O)C(=O)Nc2cccc(Cl)c2Cl)n1. The standard InChI is InChI=1S/C12H9Cl2N3O2S/c1-6-5-20-12(15-6)17-11(19)10(18)16-8-4-2-3-7(13)9(8)14/h2-5H,1H3,(H,16,18)(H,15,17,19). The highest BCUT2D eigenvalue weighted by molar-refractivity contribution is 7.14. The van der Waals surface area contributed by atoms with Crippen LogP contribution in [0, 0.1) is 6.92 Å². The first-order valence-electron chi connectivity index (χ1n) is 5.46. The molecule has 1 heterocycles. The topological polar surface area (TPSA) is 71.1 Å². The third kappa shape index (κ3) is 3.47. The minimum atomic E-state index is -0.845. The Labute approximate surface area is 128 Å². The molecule has 0 spiro atoms. The summed E-state index contributed by atoms with van der Waals surface area (Å²) in [5, 5.41) is 7.38. The average Bonchev–Trinajstić information content (AvgIpc) is 2.80. The van der Waals surface area contributed by atoms with Crippen molar-refractivity contribution in [1.82, 2.24) is 4.98 Å². The zero-order valence-corrected chi connectivity index (χ0v) is 12.6. The number of aryl methyl sites for hydroxylation is 1. The number of rotatable bonds is 2. The maximum Gasteiger partial charge on any atom is 0.315 e. The maximum absolute atomic E-state index is 11.7. The van der Waals surface area contributed by atoms with Crippen molar-refractivity contribution in [3.63, 3.8) is 0 Å². The molecule has 0 radical (unpaired) electrons. The molecular formula is C12H9Cl2N3O2S. The number of carbonyl (C=O) groups is 2. The van der Waals surface area contributed by atoms with E-state index in [1.54, 1.807) is 30.5 Å². The molecule has 104 valence electrons. The van der Waals surface area contributed by atoms with Crippen LogP contribution in [0.15, 0.2) is 23.6 Å². The van der Waals surface area contributed by atoms with Crippen LogP contribution < -0.4 is 10.6 Å². The number of benzene rings is 1. The molecule has 2 N–H and O–H groups in total. The van der Waals surface area contributed by atoms with Crippen molar-refractivity contribution in [3.05, 3.63) is 39.3 Å². The summed E-state index contributed by atoms with van der Waals surface area (Å²) in [6.45, 7) is 1.79. The van der Waals surface area contributed by atoms with E-state index in [0.717, 1.165) is 5.69 Å². The van der Waals surface area contributed by atoms with E-state index in [9.17, 15) is 9.59 Å². The zero-order chi connectivity index (χ0) is 14.7. The summed E-state index contributed by atoms with van der Waals surface area (Å²) in [6, 6.07) is 4.75. The lowest BCUT2D eigenvalue weighted by Crippen LogP contribution is -2.29. The Hall–Kier alpha value is -1.63. The van der Waals surface area contributed by atoms with Gasteiger partial charge in [-0.15, -0.1) is 11.3 Å². The lowest BCUT2D eigenvalue weighted by Gasteiger charge is -2.07. The van der Waals surface area contributed by atoms with Gasteiger partial charge in [-0.1, -0.05) is 29.3 Å². The van der Waals surface area contributed by atoms with Crippen LogP contribution in [0.25, 0.3) is 0 Å². The first-order chi connectivity index (χ1) is 9.47. The number of thiazole rings is 1. The molecule has 1 aromatic heterocycles. The zero-order valence-electron chi connectivity index (χ0n) is 10.2. The molecule has 2 rings (SSSR count). The molecule has 0 atom stereocenters. The fourth-order valence-electron chi connectivity index (χ4n) is 1.34. The molecule has 0 saturated carbocycles. The van der Waals surface area contributed by atoms with Crippen molar-refractivity contribution in [1.29, 1.82) is 0 Å². The third-order valence-electron chi connectivity index (χ3n) is 2.25. The van der Waals surface area contributed by atoms with E-state index in [-0.39, 0.29) is 10.7 Å². The minimum absolute atomic E-state index is 0.181. The van der Waals surface area contributed by atoms with Gasteiger partial charge in [-0.25, -0.2) is 4.98 Å². The largest absolute Gasteiger partial charge is 0.316 e. The second-order valence-electron chi connectivity index (χ2n) is 3.80. The molecule has 2 amide bonds. The van der Waals surface area contributed by atoms with Crippen LogP contribution in [0.5, 0.6) is 0 Å². The van der Waals surface area contributed by atoms with Gasteiger partial charge >= 0.3 is 11.8 Å². The van der Waals surface area contributed by atoms with E-state index in [0.29, 0.717) is 10.2 Å². The summed E-state index contributed by atoms with van der Waals surface area (Å²) in [5.74, 6) is -1.67. The highest BCUT2D eigenvalue weighted by Gasteiger charge is 2.17. The van der Waals surface area contributed by atoms with Crippen LogP contribution in [0.3, 0.4) is 0 Å². The van der Waals surface area contributed by atoms with Crippen molar-refractivity contribution in [2.75, 3.05) is 10.6 Å². The normalized spacial score (nSPS) is 10.2. The molecule has 0 aliphatic carbocycles. The molecule has 1 aromatic carbocycles. The van der Waals surface area contributed by atoms with E-state index in [4.69, 9.17) is 23.2 Å². The maximum atomic E-state index is 11.7. The van der Waals surface area contributed by atoms with E-state index in [2.05, 4.69) is 15.6 Å². The van der Waals surface area contributed by atoms with Gasteiger partial charge in [-0.2, -0.15) is 0 Å². The molecule has 5 nitrogen and oxygen atoms in total. The Morgan fingerprint density at radius 2 is 1.90 bits per heavy atom. The van der Waals surface area contributed by atoms with Gasteiger partial charge in [0, 0.05) is 5.38 Å². The third-order valence-corrected chi connectivity index (χ3v) is 3.94. The summed E-state index contributed by atoms with van der Waals surface area (Å²) >= 11 is 13.0. The predicted molar refractivity (Wildman–Crippen MR) is 80.6 cm³/mol. The van der Waals surface area contributed by atoms with Crippen molar-refractivity contribution in [2.45, 2.75) is 6.92 Å². The molecule has 0 aliphatic heterocycles. The summed E-state index contributed by atoms with van der Waals surface area (Å²) in [6.07, 6.45) is 0. The van der Waals surface area contributed by atoms with Gasteiger partial charge in [0.15, 0.2) is 5.13 Å². The van der Waals surface area contributed by atoms with Gasteiger partial charge in [-0.05, 0) is 19.1 Å². The number of amides is 2. The smallest absolute Gasteiger partial charge is 0.315 e. The van der Waals surface area contributed by atoms with Crippen LogP contribution in [-0.4, -0.2) is 16.8 Å². The second kappa shape index (κ2) is 6.21. The van der Waals surface area contributed by atoms with Gasteiger partial charge < -0.3 is 5.32 Å². The Balaban J connectivity index is 2.04. The number of hydrogen-bond acceptors (Lipinski definition) is 4. The van der Waals surface area contributed by atoms with E-state index < -0.39 is 11.8 Å². The van der Waals surface area contributed by atoms with Crippen LogP contribution >= 0.6 is 34.5 Å². The van der Waals surface area contributed by atoms with Crippen LogP contribution in [0.2, 0.25) is 10.0 Å². The lowest BCUT2D eigenvalue weighted by atomic mass is 10.3. The van der Waals surface area contributed by atoms with Gasteiger partial charge in [0.05, 0.1) is 21.4 Å². The minimum Gasteiger partial charge on any atom is -0.316 e. The number of nitrogens with one attached hydrogen (secondary N) is 2. The first kappa shape index (κ1) is 14.8. The average molecular weight is 330 g/mol. The van der Waals surface area contributed by atoms with Crippen LogP contribution in [0.4, 0.5) is 10.8 Å². The highest BCUT2D eigenvalue weighted by Crippen LogP contribution is 2.29. The molecule has 0 saturated heterocycles.